The van der Waals surface area contributed by atoms with Gasteiger partial charge in [-0.2, -0.15) is 4.99 Å². The number of rotatable bonds is 4. The molecule has 0 radical (unpaired) electrons. The monoisotopic (exact) mass is 547 g/mol. The van der Waals surface area contributed by atoms with Gasteiger partial charge in [-0.25, -0.2) is 12.9 Å². The summed E-state index contributed by atoms with van der Waals surface area (Å²) in [6.45, 7) is 0. The summed E-state index contributed by atoms with van der Waals surface area (Å²) in [6.07, 6.45) is 0. The summed E-state index contributed by atoms with van der Waals surface area (Å²) in [5, 5.41) is 1.47. The van der Waals surface area contributed by atoms with Crippen LogP contribution in [-0.2, 0) is 14.4 Å². The Labute approximate surface area is 227 Å². The van der Waals surface area contributed by atoms with Crippen molar-refractivity contribution in [3.8, 4) is 0 Å². The average molecular weight is 548 g/mol. The zero-order valence-electron chi connectivity index (χ0n) is 21.1. The maximum absolute atomic E-state index is 15.5. The Morgan fingerprint density at radius 3 is 1.82 bits per heavy atom. The van der Waals surface area contributed by atoms with Crippen LogP contribution in [0.2, 0.25) is 0 Å². The van der Waals surface area contributed by atoms with Crippen LogP contribution in [0.25, 0.3) is 0 Å². The molecular formula is C32H24N2O3PS+. The Hall–Kier alpha value is -4.09. The lowest BCUT2D eigenvalue weighted by Gasteiger charge is -2.37. The lowest BCUT2D eigenvalue weighted by molar-refractivity contribution is 0.575. The maximum atomic E-state index is 15.5. The van der Waals surface area contributed by atoms with E-state index in [1.165, 1.54) is 0 Å². The molecule has 0 spiro atoms. The normalized spacial score (nSPS) is 18.6. The molecule has 2 aliphatic heterocycles. The highest BCUT2D eigenvalue weighted by Crippen LogP contribution is 2.58. The number of para-hydroxylation sites is 1. The Balaban J connectivity index is 1.63. The average Bonchev–Trinajstić information content (AvgIpc) is 3.30. The number of benzene rings is 5. The summed E-state index contributed by atoms with van der Waals surface area (Å²) in [7, 11) is -5.68. The van der Waals surface area contributed by atoms with Crippen LogP contribution < -0.4 is 20.4 Å². The number of quaternary nitrogens is 1. The minimum atomic E-state index is -4.05. The molecule has 7 heteroatoms. The van der Waals surface area contributed by atoms with Crippen LogP contribution in [0.1, 0.15) is 5.56 Å². The zero-order valence-corrected chi connectivity index (χ0v) is 22.8. The van der Waals surface area contributed by atoms with Crippen LogP contribution in [0.3, 0.4) is 0 Å². The highest BCUT2D eigenvalue weighted by Gasteiger charge is 2.56. The van der Waals surface area contributed by atoms with Crippen molar-refractivity contribution in [3.63, 3.8) is 0 Å². The molecule has 2 heterocycles. The van der Waals surface area contributed by atoms with Gasteiger partial charge in [-0.05, 0) is 30.3 Å². The summed E-state index contributed by atoms with van der Waals surface area (Å²) in [5.41, 5.74) is 2.63. The third-order valence-corrected chi connectivity index (χ3v) is 12.8. The highest BCUT2D eigenvalue weighted by molar-refractivity contribution is 7.94. The number of amidine groups is 1. The van der Waals surface area contributed by atoms with Crippen molar-refractivity contribution >= 4 is 55.8 Å². The number of nitrogens with zero attached hydrogens (tertiary/aromatic N) is 2. The van der Waals surface area contributed by atoms with Gasteiger partial charge in [0.15, 0.2) is 18.5 Å². The number of fused-ring (bicyclic) bond motifs is 2. The summed E-state index contributed by atoms with van der Waals surface area (Å²) < 4.78 is 44.7. The second kappa shape index (κ2) is 8.45. The SMILES string of the molecule is C[N+]12C(c3ccccc3)=Nc3ccc(P(=O)(c4ccccc4)c4ccccc4)c(c31)S(=O)(=O)c1ccccc12. The van der Waals surface area contributed by atoms with E-state index in [0.717, 1.165) is 11.4 Å². The molecule has 0 amide bonds. The van der Waals surface area contributed by atoms with Gasteiger partial charge in [0, 0.05) is 22.0 Å². The maximum Gasteiger partial charge on any atom is 0.245 e. The number of sulfone groups is 1. The van der Waals surface area contributed by atoms with E-state index in [-0.39, 0.29) is 14.3 Å². The predicted molar refractivity (Wildman–Crippen MR) is 158 cm³/mol. The van der Waals surface area contributed by atoms with Gasteiger partial charge >= 0.3 is 0 Å². The second-order valence-electron chi connectivity index (χ2n) is 9.84. The number of hydrogen-bond donors (Lipinski definition) is 0. The minimum absolute atomic E-state index is 0.0709. The first-order chi connectivity index (χ1) is 18.9. The molecule has 0 aromatic heterocycles. The van der Waals surface area contributed by atoms with Gasteiger partial charge in [0.25, 0.3) is 0 Å². The molecule has 0 bridgehead atoms. The molecule has 5 nitrogen and oxygen atoms in total. The third kappa shape index (κ3) is 3.20. The molecule has 1 atom stereocenters. The lowest BCUT2D eigenvalue weighted by Crippen LogP contribution is -2.48. The fraction of sp³-hybridized carbons (Fsp3) is 0.0312. The van der Waals surface area contributed by atoms with E-state index in [2.05, 4.69) is 0 Å². The number of aliphatic imine (C=N–C) groups is 1. The van der Waals surface area contributed by atoms with Crippen molar-refractivity contribution < 1.29 is 13.0 Å². The molecule has 5 aromatic carbocycles. The third-order valence-electron chi connectivity index (χ3n) is 7.70. The summed E-state index contributed by atoms with van der Waals surface area (Å²) in [6, 6.07) is 38.8. The first-order valence-electron chi connectivity index (χ1n) is 12.6. The van der Waals surface area contributed by atoms with E-state index in [1.54, 1.807) is 18.2 Å². The first-order valence-corrected chi connectivity index (χ1v) is 15.8. The second-order valence-corrected chi connectivity index (χ2v) is 14.4. The fourth-order valence-corrected chi connectivity index (χ4v) is 11.3. The van der Waals surface area contributed by atoms with Crippen LogP contribution in [0, 0.1) is 0 Å². The molecule has 1 unspecified atom stereocenters. The highest BCUT2D eigenvalue weighted by atomic mass is 32.2. The molecule has 5 aromatic rings. The van der Waals surface area contributed by atoms with Crippen LogP contribution in [-0.4, -0.2) is 21.3 Å². The lowest BCUT2D eigenvalue weighted by atomic mass is 10.1. The van der Waals surface area contributed by atoms with E-state index >= 15 is 4.57 Å². The van der Waals surface area contributed by atoms with Crippen molar-refractivity contribution in [2.75, 3.05) is 7.05 Å². The summed E-state index contributed by atoms with van der Waals surface area (Å²) in [5.74, 6) is 0.723. The first kappa shape index (κ1) is 24.0. The van der Waals surface area contributed by atoms with Crippen LogP contribution in [0.4, 0.5) is 17.1 Å². The molecule has 2 aliphatic rings. The molecule has 0 aliphatic carbocycles. The molecule has 0 saturated heterocycles. The molecule has 7 rings (SSSR count). The molecule has 0 N–H and O–H groups in total. The van der Waals surface area contributed by atoms with Gasteiger partial charge in [0.2, 0.25) is 15.7 Å². The van der Waals surface area contributed by atoms with E-state index in [1.807, 2.05) is 116 Å². The van der Waals surface area contributed by atoms with E-state index in [0.29, 0.717) is 33.0 Å². The zero-order chi connectivity index (χ0) is 26.8. The Bertz CT molecular complexity index is 1910. The largest absolute Gasteiger partial charge is 0.309 e. The molecule has 0 saturated carbocycles. The van der Waals surface area contributed by atoms with Gasteiger partial charge in [-0.15, -0.1) is 0 Å². The van der Waals surface area contributed by atoms with Gasteiger partial charge in [-0.1, -0.05) is 91.0 Å². The molecule has 39 heavy (non-hydrogen) atoms. The number of hydrogen-bond acceptors (Lipinski definition) is 4. The van der Waals surface area contributed by atoms with Crippen LogP contribution in [0.15, 0.2) is 142 Å². The van der Waals surface area contributed by atoms with Gasteiger partial charge in [-0.3, -0.25) is 0 Å². The smallest absolute Gasteiger partial charge is 0.245 e. The quantitative estimate of drug-likeness (QED) is 0.210. The van der Waals surface area contributed by atoms with Crippen molar-refractivity contribution in [2.24, 2.45) is 4.99 Å². The topological polar surface area (TPSA) is 63.6 Å². The minimum Gasteiger partial charge on any atom is -0.309 e. The van der Waals surface area contributed by atoms with Crippen molar-refractivity contribution in [3.05, 3.63) is 133 Å². The Morgan fingerprint density at radius 1 is 0.667 bits per heavy atom. The van der Waals surface area contributed by atoms with Crippen molar-refractivity contribution in [1.82, 2.24) is 4.48 Å². The standard InChI is InChI=1S/C32H24N2O3PS/c1-34-27-19-11-12-20-29(27)39(36,37)31-28(22-21-26(30(31)34)33-32(34)23-13-5-2-6-14-23)38(35,24-15-7-3-8-16-24)25-17-9-4-10-18-25/h2-22H,1H3/q+1. The van der Waals surface area contributed by atoms with Crippen LogP contribution >= 0.6 is 7.14 Å². The molecular weight excluding hydrogens is 523 g/mol. The van der Waals surface area contributed by atoms with Crippen molar-refractivity contribution in [2.45, 2.75) is 9.79 Å². The van der Waals surface area contributed by atoms with E-state index < -0.39 is 17.0 Å². The Kier molecular flexibility index (Phi) is 5.20. The van der Waals surface area contributed by atoms with Gasteiger partial charge in [0.1, 0.15) is 15.5 Å². The van der Waals surface area contributed by atoms with E-state index in [4.69, 9.17) is 4.99 Å². The Morgan fingerprint density at radius 2 is 1.21 bits per heavy atom. The summed E-state index contributed by atoms with van der Waals surface area (Å²) >= 11 is 0. The fourth-order valence-electron chi connectivity index (χ4n) is 5.92. The van der Waals surface area contributed by atoms with Gasteiger partial charge < -0.3 is 4.57 Å². The molecule has 190 valence electrons. The summed E-state index contributed by atoms with van der Waals surface area (Å²) in [4.78, 5) is 5.31. The van der Waals surface area contributed by atoms with Gasteiger partial charge in [0.05, 0.1) is 12.6 Å². The molecule has 0 fully saturated rings. The van der Waals surface area contributed by atoms with Crippen LogP contribution in [0.5, 0.6) is 0 Å². The van der Waals surface area contributed by atoms with Crippen molar-refractivity contribution in [1.29, 1.82) is 0 Å². The van der Waals surface area contributed by atoms with E-state index in [9.17, 15) is 8.42 Å². The predicted octanol–water partition coefficient (Wildman–Crippen LogP) is 5.83.